The van der Waals surface area contributed by atoms with E-state index in [1.165, 1.54) is 23.1 Å². The van der Waals surface area contributed by atoms with Crippen molar-refractivity contribution in [2.45, 2.75) is 71.0 Å². The number of hydrogen-bond acceptors (Lipinski definition) is 4. The van der Waals surface area contributed by atoms with Crippen LogP contribution in [0.5, 0.6) is 0 Å². The van der Waals surface area contributed by atoms with Crippen LogP contribution >= 0.6 is 23.2 Å². The third kappa shape index (κ3) is 8.24. The molecule has 220 valence electrons. The molecule has 0 saturated carbocycles. The van der Waals surface area contributed by atoms with Crippen LogP contribution in [0.1, 0.15) is 50.8 Å². The van der Waals surface area contributed by atoms with Gasteiger partial charge in [0.25, 0.3) is 10.0 Å². The normalized spacial score (nSPS) is 12.5. The minimum absolute atomic E-state index is 0.0154. The number of rotatable bonds is 10. The first-order chi connectivity index (χ1) is 19.1. The van der Waals surface area contributed by atoms with Crippen LogP contribution in [0.3, 0.4) is 0 Å². The molecule has 41 heavy (non-hydrogen) atoms. The molecule has 0 bridgehead atoms. The first-order valence-corrected chi connectivity index (χ1v) is 15.5. The summed E-state index contributed by atoms with van der Waals surface area (Å²) in [5.74, 6) is -0.900. The smallest absolute Gasteiger partial charge is 0.264 e. The summed E-state index contributed by atoms with van der Waals surface area (Å²) >= 11 is 12.7. The maximum atomic E-state index is 14.2. The summed E-state index contributed by atoms with van der Waals surface area (Å²) in [5, 5.41) is 3.72. The van der Waals surface area contributed by atoms with Crippen molar-refractivity contribution in [1.29, 1.82) is 0 Å². The molecule has 3 aromatic carbocycles. The van der Waals surface area contributed by atoms with Gasteiger partial charge in [0.2, 0.25) is 11.8 Å². The van der Waals surface area contributed by atoms with E-state index in [0.717, 1.165) is 9.87 Å². The molecule has 0 aliphatic heterocycles. The largest absolute Gasteiger partial charge is 0.350 e. The maximum Gasteiger partial charge on any atom is 0.264 e. The first kappa shape index (κ1) is 32.4. The van der Waals surface area contributed by atoms with Crippen LogP contribution in [0.15, 0.2) is 71.6 Å². The van der Waals surface area contributed by atoms with Gasteiger partial charge in [0, 0.05) is 22.1 Å². The van der Waals surface area contributed by atoms with E-state index in [0.29, 0.717) is 27.6 Å². The Bertz CT molecular complexity index is 1500. The van der Waals surface area contributed by atoms with Crippen molar-refractivity contribution in [3.8, 4) is 0 Å². The summed E-state index contributed by atoms with van der Waals surface area (Å²) in [6, 6.07) is 17.5. The molecule has 0 fully saturated rings. The van der Waals surface area contributed by atoms with E-state index in [2.05, 4.69) is 5.32 Å². The molecular formula is C31H37Cl2N3O4S. The molecule has 7 nitrogen and oxygen atoms in total. The number of sulfonamides is 1. The molecule has 0 radical (unpaired) electrons. The number of benzene rings is 3. The topological polar surface area (TPSA) is 86.8 Å². The zero-order valence-electron chi connectivity index (χ0n) is 24.2. The third-order valence-electron chi connectivity index (χ3n) is 6.51. The van der Waals surface area contributed by atoms with Crippen LogP contribution in [-0.4, -0.2) is 43.3 Å². The number of amides is 2. The maximum absolute atomic E-state index is 14.2. The van der Waals surface area contributed by atoms with Crippen LogP contribution in [0.4, 0.5) is 5.69 Å². The van der Waals surface area contributed by atoms with Crippen LogP contribution < -0.4 is 9.62 Å². The van der Waals surface area contributed by atoms with Crippen LogP contribution in [0, 0.1) is 13.8 Å². The number of nitrogens with one attached hydrogen (secondary N) is 1. The van der Waals surface area contributed by atoms with Crippen molar-refractivity contribution in [1.82, 2.24) is 10.2 Å². The van der Waals surface area contributed by atoms with Gasteiger partial charge in [-0.2, -0.15) is 0 Å². The van der Waals surface area contributed by atoms with Gasteiger partial charge in [0.1, 0.15) is 12.6 Å². The van der Waals surface area contributed by atoms with Crippen LogP contribution in [-0.2, 0) is 26.2 Å². The van der Waals surface area contributed by atoms with E-state index in [1.807, 2.05) is 34.6 Å². The Balaban J connectivity index is 2.13. The second-order valence-electron chi connectivity index (χ2n) is 11.0. The fourth-order valence-corrected chi connectivity index (χ4v) is 6.22. The van der Waals surface area contributed by atoms with Gasteiger partial charge in [-0.05, 0) is 82.5 Å². The monoisotopic (exact) mass is 617 g/mol. The average Bonchev–Trinajstić information content (AvgIpc) is 2.88. The fourth-order valence-electron chi connectivity index (χ4n) is 4.38. The number of carbonyl (C=O) groups is 2. The minimum Gasteiger partial charge on any atom is -0.350 e. The molecule has 1 N–H and O–H groups in total. The van der Waals surface area contributed by atoms with Gasteiger partial charge in [-0.1, -0.05) is 72.1 Å². The fraction of sp³-hybridized carbons (Fsp3) is 0.355. The van der Waals surface area contributed by atoms with Crippen LogP contribution in [0.2, 0.25) is 10.0 Å². The van der Waals surface area contributed by atoms with E-state index in [1.54, 1.807) is 55.5 Å². The van der Waals surface area contributed by atoms with E-state index in [4.69, 9.17) is 23.2 Å². The molecule has 1 atom stereocenters. The number of hydrogen-bond donors (Lipinski definition) is 1. The second-order valence-corrected chi connectivity index (χ2v) is 13.7. The number of aryl methyl sites for hydroxylation is 2. The summed E-state index contributed by atoms with van der Waals surface area (Å²) in [6.07, 6.45) is 0.305. The summed E-state index contributed by atoms with van der Waals surface area (Å²) in [5.41, 5.74) is 1.88. The van der Waals surface area contributed by atoms with E-state index < -0.39 is 34.1 Å². The SMILES string of the molecule is CC[C@H](C(=O)NC(C)(C)C)N(Cc1ccccc1Cl)C(=O)CN(c1cc(Cl)ccc1C)S(=O)(=O)c1ccc(C)cc1. The third-order valence-corrected chi connectivity index (χ3v) is 8.89. The highest BCUT2D eigenvalue weighted by Gasteiger charge is 2.35. The highest BCUT2D eigenvalue weighted by Crippen LogP contribution is 2.30. The molecule has 10 heteroatoms. The van der Waals surface area contributed by atoms with Crippen molar-refractivity contribution >= 4 is 50.7 Å². The predicted molar refractivity (Wildman–Crippen MR) is 166 cm³/mol. The molecule has 0 heterocycles. The van der Waals surface area contributed by atoms with E-state index in [-0.39, 0.29) is 23.0 Å². The standard InChI is InChI=1S/C31H37Cl2N3O4S/c1-7-27(30(38)34-31(4,5)6)35(19-23-10-8-9-11-26(23)33)29(37)20-36(28-18-24(32)15-14-22(28)3)41(39,40)25-16-12-21(2)13-17-25/h8-18,27H,7,19-20H2,1-6H3,(H,34,38)/t27-/m1/s1. The summed E-state index contributed by atoms with van der Waals surface area (Å²) in [6.45, 7) is 10.4. The minimum atomic E-state index is -4.20. The lowest BCUT2D eigenvalue weighted by atomic mass is 10.1. The van der Waals surface area contributed by atoms with Gasteiger partial charge in [0.05, 0.1) is 10.6 Å². The Kier molecular flexibility index (Phi) is 10.5. The van der Waals surface area contributed by atoms with Crippen molar-refractivity contribution in [2.75, 3.05) is 10.8 Å². The predicted octanol–water partition coefficient (Wildman–Crippen LogP) is 6.53. The lowest BCUT2D eigenvalue weighted by Gasteiger charge is -2.35. The molecule has 3 aromatic rings. The van der Waals surface area contributed by atoms with Crippen molar-refractivity contribution in [3.05, 3.63) is 93.5 Å². The van der Waals surface area contributed by atoms with Gasteiger partial charge in [-0.15, -0.1) is 0 Å². The molecular weight excluding hydrogens is 581 g/mol. The Morgan fingerprint density at radius 2 is 1.59 bits per heavy atom. The lowest BCUT2D eigenvalue weighted by molar-refractivity contribution is -0.141. The number of carbonyl (C=O) groups excluding carboxylic acids is 2. The van der Waals surface area contributed by atoms with Crippen molar-refractivity contribution in [2.24, 2.45) is 0 Å². The molecule has 0 unspecified atom stereocenters. The Morgan fingerprint density at radius 1 is 0.951 bits per heavy atom. The molecule has 0 aromatic heterocycles. The van der Waals surface area contributed by atoms with Gasteiger partial charge in [-0.25, -0.2) is 8.42 Å². The van der Waals surface area contributed by atoms with Crippen LogP contribution in [0.25, 0.3) is 0 Å². The van der Waals surface area contributed by atoms with Gasteiger partial charge >= 0.3 is 0 Å². The summed E-state index contributed by atoms with van der Waals surface area (Å²) < 4.78 is 29.2. The van der Waals surface area contributed by atoms with Crippen molar-refractivity contribution in [3.63, 3.8) is 0 Å². The number of anilines is 1. The highest BCUT2D eigenvalue weighted by molar-refractivity contribution is 7.92. The quantitative estimate of drug-likeness (QED) is 0.280. The Labute approximate surface area is 253 Å². The zero-order chi connectivity index (χ0) is 30.5. The first-order valence-electron chi connectivity index (χ1n) is 13.3. The lowest BCUT2D eigenvalue weighted by Crippen LogP contribution is -2.55. The average molecular weight is 619 g/mol. The molecule has 2 amide bonds. The number of nitrogens with zero attached hydrogens (tertiary/aromatic N) is 2. The Hall–Kier alpha value is -3.07. The second kappa shape index (κ2) is 13.3. The highest BCUT2D eigenvalue weighted by atomic mass is 35.5. The van der Waals surface area contributed by atoms with Gasteiger partial charge < -0.3 is 10.2 Å². The molecule has 3 rings (SSSR count). The summed E-state index contributed by atoms with van der Waals surface area (Å²) in [7, 11) is -4.20. The van der Waals surface area contributed by atoms with E-state index >= 15 is 0 Å². The van der Waals surface area contributed by atoms with Gasteiger partial charge in [-0.3, -0.25) is 13.9 Å². The zero-order valence-corrected chi connectivity index (χ0v) is 26.6. The van der Waals surface area contributed by atoms with Crippen molar-refractivity contribution < 1.29 is 18.0 Å². The number of halogens is 2. The molecule has 0 spiro atoms. The molecule has 0 aliphatic carbocycles. The van der Waals surface area contributed by atoms with Gasteiger partial charge in [0.15, 0.2) is 0 Å². The van der Waals surface area contributed by atoms with E-state index in [9.17, 15) is 18.0 Å². The molecule has 0 saturated heterocycles. The Morgan fingerprint density at radius 3 is 2.17 bits per heavy atom. The summed E-state index contributed by atoms with van der Waals surface area (Å²) in [4.78, 5) is 29.1. The molecule has 0 aliphatic rings.